The summed E-state index contributed by atoms with van der Waals surface area (Å²) in [7, 11) is 0. The van der Waals surface area contributed by atoms with Crippen molar-refractivity contribution in [2.45, 2.75) is 39.2 Å². The first-order chi connectivity index (χ1) is 13.2. The topological polar surface area (TPSA) is 47.0 Å². The van der Waals surface area contributed by atoms with Gasteiger partial charge in [0.1, 0.15) is 28.7 Å². The van der Waals surface area contributed by atoms with Crippen LogP contribution in [0.25, 0.3) is 0 Å². The summed E-state index contributed by atoms with van der Waals surface area (Å²) in [5, 5.41) is 4.07. The van der Waals surface area contributed by atoms with E-state index in [1.807, 2.05) is 42.5 Å². The van der Waals surface area contributed by atoms with Gasteiger partial charge in [-0.25, -0.2) is 9.97 Å². The van der Waals surface area contributed by atoms with Crippen molar-refractivity contribution in [3.63, 3.8) is 0 Å². The zero-order valence-corrected chi connectivity index (χ0v) is 16.4. The van der Waals surface area contributed by atoms with E-state index in [0.717, 1.165) is 42.0 Å². The molecule has 27 heavy (non-hydrogen) atoms. The third-order valence-electron chi connectivity index (χ3n) is 4.31. The molecule has 3 rings (SSSR count). The second kappa shape index (κ2) is 9.38. The number of benzene rings is 2. The van der Waals surface area contributed by atoms with Gasteiger partial charge < -0.3 is 10.1 Å². The Morgan fingerprint density at radius 3 is 2.52 bits per heavy atom. The van der Waals surface area contributed by atoms with Gasteiger partial charge in [0.05, 0.1) is 11.7 Å². The number of hydrogen-bond acceptors (Lipinski definition) is 4. The van der Waals surface area contributed by atoms with Crippen LogP contribution in [0.4, 0.5) is 5.82 Å². The molecule has 0 bridgehead atoms. The van der Waals surface area contributed by atoms with Gasteiger partial charge in [-0.15, -0.1) is 0 Å². The first-order valence-corrected chi connectivity index (χ1v) is 9.67. The number of aromatic nitrogens is 2. The molecule has 0 aliphatic carbocycles. The molecule has 0 aliphatic heterocycles. The van der Waals surface area contributed by atoms with Crippen LogP contribution in [0.3, 0.4) is 0 Å². The summed E-state index contributed by atoms with van der Waals surface area (Å²) in [6.07, 6.45) is 4.29. The summed E-state index contributed by atoms with van der Waals surface area (Å²) in [6.45, 7) is 4.24. The Hall–Kier alpha value is -2.59. The van der Waals surface area contributed by atoms with Gasteiger partial charge in [-0.3, -0.25) is 0 Å². The molecule has 0 amide bonds. The smallest absolute Gasteiger partial charge is 0.149 e. The molecule has 0 aliphatic rings. The first kappa shape index (κ1) is 19.2. The van der Waals surface area contributed by atoms with Crippen molar-refractivity contribution in [1.82, 2.24) is 9.97 Å². The molecule has 0 saturated carbocycles. The minimum absolute atomic E-state index is 0.0752. The van der Waals surface area contributed by atoms with Crippen LogP contribution in [0, 0.1) is 0 Å². The van der Waals surface area contributed by atoms with Gasteiger partial charge >= 0.3 is 0 Å². The predicted octanol–water partition coefficient (Wildman–Crippen LogP) is 6.44. The van der Waals surface area contributed by atoms with Crippen molar-refractivity contribution < 1.29 is 4.74 Å². The number of nitrogens with zero attached hydrogens (tertiary/aromatic N) is 2. The van der Waals surface area contributed by atoms with Crippen LogP contribution in [0.2, 0.25) is 5.02 Å². The quantitative estimate of drug-likeness (QED) is 0.487. The van der Waals surface area contributed by atoms with E-state index in [0.29, 0.717) is 10.8 Å². The Morgan fingerprint density at radius 1 is 1.00 bits per heavy atom. The van der Waals surface area contributed by atoms with Gasteiger partial charge in [0, 0.05) is 0 Å². The predicted molar refractivity (Wildman–Crippen MR) is 111 cm³/mol. The Bertz CT molecular complexity index is 870. The number of rotatable bonds is 8. The highest BCUT2D eigenvalue weighted by Gasteiger charge is 2.15. The Morgan fingerprint density at radius 2 is 1.78 bits per heavy atom. The lowest BCUT2D eigenvalue weighted by atomic mass is 10.0. The lowest BCUT2D eigenvalue weighted by molar-refractivity contribution is 0.481. The fraction of sp³-hybridized carbons (Fsp3) is 0.273. The van der Waals surface area contributed by atoms with E-state index in [4.69, 9.17) is 16.3 Å². The molecule has 1 aromatic heterocycles. The Balaban J connectivity index is 1.80. The molecular weight excluding hydrogens is 358 g/mol. The van der Waals surface area contributed by atoms with E-state index in [1.165, 1.54) is 0 Å². The van der Waals surface area contributed by atoms with E-state index < -0.39 is 0 Å². The van der Waals surface area contributed by atoms with Crippen LogP contribution in [-0.4, -0.2) is 9.97 Å². The van der Waals surface area contributed by atoms with Gasteiger partial charge in [0.25, 0.3) is 0 Å². The summed E-state index contributed by atoms with van der Waals surface area (Å²) in [5.74, 6) is 2.30. The Labute approximate surface area is 165 Å². The summed E-state index contributed by atoms with van der Waals surface area (Å²) in [5.41, 5.74) is 2.00. The number of para-hydroxylation sites is 1. The van der Waals surface area contributed by atoms with Crippen LogP contribution < -0.4 is 10.1 Å². The number of halogens is 1. The van der Waals surface area contributed by atoms with Crippen molar-refractivity contribution in [3.05, 3.63) is 77.2 Å². The molecule has 4 nitrogen and oxygen atoms in total. The Kier molecular flexibility index (Phi) is 6.66. The second-order valence-corrected chi connectivity index (χ2v) is 6.70. The lowest BCUT2D eigenvalue weighted by Crippen LogP contribution is -2.12. The fourth-order valence-corrected chi connectivity index (χ4v) is 3.17. The highest BCUT2D eigenvalue weighted by atomic mass is 35.5. The highest BCUT2D eigenvalue weighted by molar-refractivity contribution is 6.33. The van der Waals surface area contributed by atoms with Gasteiger partial charge in [-0.1, -0.05) is 62.2 Å². The van der Waals surface area contributed by atoms with E-state index >= 15 is 0 Å². The van der Waals surface area contributed by atoms with Gasteiger partial charge in [0.15, 0.2) is 0 Å². The molecule has 1 heterocycles. The SMILES string of the molecule is CCCc1ncnc(NC(CC)c2cccc(Oc3ccccc3)c2)c1Cl. The number of nitrogens with one attached hydrogen (secondary N) is 1. The summed E-state index contributed by atoms with van der Waals surface area (Å²) < 4.78 is 5.96. The van der Waals surface area contributed by atoms with Crippen LogP contribution in [0.15, 0.2) is 60.9 Å². The van der Waals surface area contributed by atoms with Gasteiger partial charge in [-0.2, -0.15) is 0 Å². The van der Waals surface area contributed by atoms with Crippen molar-refractivity contribution >= 4 is 17.4 Å². The number of anilines is 1. The largest absolute Gasteiger partial charge is 0.457 e. The molecule has 0 spiro atoms. The molecule has 0 saturated heterocycles. The highest BCUT2D eigenvalue weighted by Crippen LogP contribution is 2.30. The first-order valence-electron chi connectivity index (χ1n) is 9.30. The van der Waals surface area contributed by atoms with Crippen molar-refractivity contribution in [2.75, 3.05) is 5.32 Å². The van der Waals surface area contributed by atoms with Crippen LogP contribution in [-0.2, 0) is 6.42 Å². The number of aryl methyl sites for hydroxylation is 1. The molecule has 0 fully saturated rings. The summed E-state index contributed by atoms with van der Waals surface area (Å²) in [4.78, 5) is 8.63. The maximum Gasteiger partial charge on any atom is 0.149 e. The molecular formula is C22H24ClN3O. The number of ether oxygens (including phenoxy) is 1. The van der Waals surface area contributed by atoms with Gasteiger partial charge in [-0.05, 0) is 42.7 Å². The zero-order valence-electron chi connectivity index (χ0n) is 15.7. The molecule has 1 N–H and O–H groups in total. The molecule has 1 atom stereocenters. The molecule has 3 aromatic rings. The van der Waals surface area contributed by atoms with E-state index in [1.54, 1.807) is 6.33 Å². The standard InChI is InChI=1S/C22H24ClN3O/c1-3-9-20-21(23)22(25-15-24-20)26-19(4-2)16-10-8-13-18(14-16)27-17-11-6-5-7-12-17/h5-8,10-15,19H,3-4,9H2,1-2H3,(H,24,25,26). The average molecular weight is 382 g/mol. The number of hydrogen-bond donors (Lipinski definition) is 1. The normalized spacial score (nSPS) is 11.8. The fourth-order valence-electron chi connectivity index (χ4n) is 2.92. The minimum atomic E-state index is 0.0752. The molecule has 2 aromatic carbocycles. The van der Waals surface area contributed by atoms with Crippen LogP contribution in [0.5, 0.6) is 11.5 Å². The summed E-state index contributed by atoms with van der Waals surface area (Å²) in [6, 6.07) is 17.9. The monoisotopic (exact) mass is 381 g/mol. The average Bonchev–Trinajstić information content (AvgIpc) is 2.70. The van der Waals surface area contributed by atoms with Crippen molar-refractivity contribution in [3.8, 4) is 11.5 Å². The van der Waals surface area contributed by atoms with Crippen molar-refractivity contribution in [1.29, 1.82) is 0 Å². The second-order valence-electron chi connectivity index (χ2n) is 6.33. The van der Waals surface area contributed by atoms with Gasteiger partial charge in [0.2, 0.25) is 0 Å². The maximum absolute atomic E-state index is 6.50. The third kappa shape index (κ3) is 4.98. The van der Waals surface area contributed by atoms with E-state index in [9.17, 15) is 0 Å². The van der Waals surface area contributed by atoms with Crippen molar-refractivity contribution in [2.24, 2.45) is 0 Å². The third-order valence-corrected chi connectivity index (χ3v) is 4.70. The van der Waals surface area contributed by atoms with E-state index in [2.05, 4.69) is 41.3 Å². The summed E-state index contributed by atoms with van der Waals surface area (Å²) >= 11 is 6.50. The maximum atomic E-state index is 6.50. The zero-order chi connectivity index (χ0) is 19.1. The molecule has 5 heteroatoms. The molecule has 1 unspecified atom stereocenters. The van der Waals surface area contributed by atoms with E-state index in [-0.39, 0.29) is 6.04 Å². The molecule has 140 valence electrons. The van der Waals surface area contributed by atoms with Crippen LogP contribution >= 0.6 is 11.6 Å². The lowest BCUT2D eigenvalue weighted by Gasteiger charge is -2.20. The van der Waals surface area contributed by atoms with Crippen LogP contribution in [0.1, 0.15) is 44.0 Å². The minimum Gasteiger partial charge on any atom is -0.457 e. The molecule has 0 radical (unpaired) electrons.